The molecule has 0 radical (unpaired) electrons. The number of benzene rings is 1. The monoisotopic (exact) mass is 464 g/mol. The summed E-state index contributed by atoms with van der Waals surface area (Å²) in [6, 6.07) is 7.59. The minimum Gasteiger partial charge on any atom is -0.370 e. The molecule has 0 aromatic heterocycles. The first-order valence-electron chi connectivity index (χ1n) is 10.5. The van der Waals surface area contributed by atoms with Crippen molar-refractivity contribution < 1.29 is 18.0 Å². The lowest BCUT2D eigenvalue weighted by atomic mass is 10.1. The van der Waals surface area contributed by atoms with Crippen LogP contribution in [0.2, 0.25) is 0 Å². The number of piperidine rings is 1. The molecule has 1 heterocycles. The average Bonchev–Trinajstić information content (AvgIpc) is 2.73. The molecular formula is C21H32N6O4S. The molecule has 2 unspecified atom stereocenters. The van der Waals surface area contributed by atoms with Crippen LogP contribution in [0.1, 0.15) is 31.2 Å². The maximum atomic E-state index is 12.8. The van der Waals surface area contributed by atoms with E-state index in [9.17, 15) is 18.0 Å². The van der Waals surface area contributed by atoms with E-state index in [0.29, 0.717) is 44.3 Å². The Morgan fingerprint density at radius 2 is 2.03 bits per heavy atom. The Labute approximate surface area is 189 Å². The zero-order chi connectivity index (χ0) is 23.6. The zero-order valence-electron chi connectivity index (χ0n) is 18.1. The number of nitrogens with zero attached hydrogens (tertiary/aromatic N) is 2. The molecule has 10 nitrogen and oxygen atoms in total. The Bertz CT molecular complexity index is 915. The Balaban J connectivity index is 1.87. The quantitative estimate of drug-likeness (QED) is 0.145. The highest BCUT2D eigenvalue weighted by Gasteiger charge is 2.32. The molecule has 6 N–H and O–H groups in total. The van der Waals surface area contributed by atoms with Gasteiger partial charge in [-0.15, -0.1) is 6.58 Å². The summed E-state index contributed by atoms with van der Waals surface area (Å²) in [6.07, 6.45) is 3.86. The molecule has 176 valence electrons. The Kier molecular flexibility index (Phi) is 9.66. The fraction of sp³-hybridized carbons (Fsp3) is 0.476. The number of aliphatic imine (C=N–C) groups is 1. The van der Waals surface area contributed by atoms with E-state index in [1.54, 1.807) is 36.4 Å². The van der Waals surface area contributed by atoms with Gasteiger partial charge in [0.25, 0.3) is 0 Å². The molecule has 2 atom stereocenters. The smallest absolute Gasteiger partial charge is 0.241 e. The lowest BCUT2D eigenvalue weighted by Gasteiger charge is -2.32. The van der Waals surface area contributed by atoms with Gasteiger partial charge < -0.3 is 21.7 Å². The van der Waals surface area contributed by atoms with Crippen molar-refractivity contribution in [3.8, 4) is 0 Å². The number of carbonyl (C=O) groups excluding carboxylic acids is 2. The number of likely N-dealkylation sites (tertiary alicyclic amines) is 1. The van der Waals surface area contributed by atoms with E-state index in [4.69, 9.17) is 11.5 Å². The van der Waals surface area contributed by atoms with Crippen LogP contribution in [0.3, 0.4) is 0 Å². The summed E-state index contributed by atoms with van der Waals surface area (Å²) < 4.78 is 27.5. The van der Waals surface area contributed by atoms with Crippen molar-refractivity contribution in [1.82, 2.24) is 14.9 Å². The van der Waals surface area contributed by atoms with Crippen LogP contribution in [0.25, 0.3) is 0 Å². The molecule has 1 aromatic carbocycles. The average molecular weight is 465 g/mol. The molecule has 2 amide bonds. The van der Waals surface area contributed by atoms with Crippen LogP contribution >= 0.6 is 0 Å². The van der Waals surface area contributed by atoms with Crippen LogP contribution in [0.5, 0.6) is 0 Å². The molecule has 2 rings (SSSR count). The molecule has 0 saturated carbocycles. The van der Waals surface area contributed by atoms with Gasteiger partial charge in [-0.1, -0.05) is 36.4 Å². The van der Waals surface area contributed by atoms with Gasteiger partial charge in [0, 0.05) is 19.1 Å². The lowest BCUT2D eigenvalue weighted by Crippen LogP contribution is -2.54. The van der Waals surface area contributed by atoms with Gasteiger partial charge in [-0.05, 0) is 31.2 Å². The predicted octanol–water partition coefficient (Wildman–Crippen LogP) is -0.179. The first-order valence-corrected chi connectivity index (χ1v) is 12.2. The molecule has 1 aliphatic heterocycles. The third-order valence-electron chi connectivity index (χ3n) is 4.98. The number of nitrogens with one attached hydrogen (secondary N) is 2. The van der Waals surface area contributed by atoms with Gasteiger partial charge in [0.15, 0.2) is 5.96 Å². The Morgan fingerprint density at radius 3 is 2.69 bits per heavy atom. The second kappa shape index (κ2) is 12.2. The standard InChI is InChI=1S/C21H32N6O4S/c1-2-17(10-6-12-24-21(22)23)25-19(28)14-27-13-7-11-18(20(27)29)26-32(30,31)15-16-8-4-3-5-9-16/h2-5,8-9,17-18,26H,1,6-7,10-15H2,(H,25,28)(H4,22,23,24). The van der Waals surface area contributed by atoms with Gasteiger partial charge in [-0.25, -0.2) is 13.1 Å². The summed E-state index contributed by atoms with van der Waals surface area (Å²) in [5, 5.41) is 2.82. The summed E-state index contributed by atoms with van der Waals surface area (Å²) >= 11 is 0. The highest BCUT2D eigenvalue weighted by atomic mass is 32.2. The number of carbonyl (C=O) groups is 2. The van der Waals surface area contributed by atoms with E-state index in [1.165, 1.54) is 4.90 Å². The van der Waals surface area contributed by atoms with Gasteiger partial charge in [0.2, 0.25) is 21.8 Å². The SMILES string of the molecule is C=CC(CCCN=C(N)N)NC(=O)CN1CCCC(NS(=O)(=O)Cc2ccccc2)C1=O. The molecule has 1 fully saturated rings. The third-order valence-corrected chi connectivity index (χ3v) is 6.34. The van der Waals surface area contributed by atoms with Crippen molar-refractivity contribution in [2.75, 3.05) is 19.6 Å². The van der Waals surface area contributed by atoms with Crippen LogP contribution in [-0.2, 0) is 25.4 Å². The Hall–Kier alpha value is -2.92. The first-order chi connectivity index (χ1) is 15.2. The minimum absolute atomic E-state index is 0.0155. The molecule has 0 spiro atoms. The van der Waals surface area contributed by atoms with Crippen molar-refractivity contribution in [1.29, 1.82) is 0 Å². The molecule has 0 bridgehead atoms. The van der Waals surface area contributed by atoms with E-state index in [-0.39, 0.29) is 30.2 Å². The highest BCUT2D eigenvalue weighted by molar-refractivity contribution is 7.88. The van der Waals surface area contributed by atoms with Crippen molar-refractivity contribution in [3.63, 3.8) is 0 Å². The van der Waals surface area contributed by atoms with Gasteiger partial charge in [-0.3, -0.25) is 14.6 Å². The molecular weight excluding hydrogens is 432 g/mol. The second-order valence-corrected chi connectivity index (χ2v) is 9.43. The number of sulfonamides is 1. The van der Waals surface area contributed by atoms with Crippen LogP contribution in [-0.4, -0.2) is 62.8 Å². The van der Waals surface area contributed by atoms with Crippen molar-refractivity contribution in [3.05, 3.63) is 48.6 Å². The van der Waals surface area contributed by atoms with Crippen molar-refractivity contribution in [2.24, 2.45) is 16.5 Å². The van der Waals surface area contributed by atoms with Crippen LogP contribution < -0.4 is 21.5 Å². The van der Waals surface area contributed by atoms with Crippen molar-refractivity contribution in [2.45, 2.75) is 43.5 Å². The van der Waals surface area contributed by atoms with Gasteiger partial charge in [0.05, 0.1) is 12.3 Å². The number of guanidine groups is 1. The molecule has 0 aliphatic carbocycles. The molecule has 11 heteroatoms. The van der Waals surface area contributed by atoms with Crippen molar-refractivity contribution >= 4 is 27.8 Å². The van der Waals surface area contributed by atoms with E-state index in [0.717, 1.165) is 0 Å². The largest absolute Gasteiger partial charge is 0.370 e. The maximum Gasteiger partial charge on any atom is 0.241 e. The van der Waals surface area contributed by atoms with Gasteiger partial charge in [-0.2, -0.15) is 0 Å². The van der Waals surface area contributed by atoms with E-state index < -0.39 is 22.0 Å². The summed E-state index contributed by atoms with van der Waals surface area (Å²) in [5.41, 5.74) is 11.2. The van der Waals surface area contributed by atoms with Crippen LogP contribution in [0.4, 0.5) is 0 Å². The van der Waals surface area contributed by atoms with Gasteiger partial charge >= 0.3 is 0 Å². The van der Waals surface area contributed by atoms with E-state index in [1.807, 2.05) is 0 Å². The predicted molar refractivity (Wildman–Crippen MR) is 124 cm³/mol. The highest BCUT2D eigenvalue weighted by Crippen LogP contribution is 2.14. The Morgan fingerprint density at radius 1 is 1.31 bits per heavy atom. The van der Waals surface area contributed by atoms with Crippen LogP contribution in [0.15, 0.2) is 48.0 Å². The number of hydrogen-bond donors (Lipinski definition) is 4. The molecule has 1 aliphatic rings. The number of nitrogens with two attached hydrogens (primary N) is 2. The zero-order valence-corrected chi connectivity index (χ0v) is 18.9. The lowest BCUT2D eigenvalue weighted by molar-refractivity contribution is -0.139. The summed E-state index contributed by atoms with van der Waals surface area (Å²) in [5.74, 6) is -0.926. The molecule has 1 aromatic rings. The molecule has 32 heavy (non-hydrogen) atoms. The summed E-state index contributed by atoms with van der Waals surface area (Å²) in [7, 11) is -3.70. The first kappa shape index (κ1) is 25.3. The second-order valence-electron chi connectivity index (χ2n) is 7.68. The fourth-order valence-electron chi connectivity index (χ4n) is 3.45. The fourth-order valence-corrected chi connectivity index (χ4v) is 4.82. The number of rotatable bonds is 12. The van der Waals surface area contributed by atoms with Crippen LogP contribution in [0, 0.1) is 0 Å². The summed E-state index contributed by atoms with van der Waals surface area (Å²) in [6.45, 7) is 4.41. The maximum absolute atomic E-state index is 12.8. The minimum atomic E-state index is -3.70. The summed E-state index contributed by atoms with van der Waals surface area (Å²) in [4.78, 5) is 30.5. The molecule has 1 saturated heterocycles. The topological polar surface area (TPSA) is 160 Å². The van der Waals surface area contributed by atoms with E-state index in [2.05, 4.69) is 21.6 Å². The normalized spacial score (nSPS) is 17.4. The number of amides is 2. The third kappa shape index (κ3) is 8.67. The van der Waals surface area contributed by atoms with Gasteiger partial charge in [0.1, 0.15) is 6.04 Å². The van der Waals surface area contributed by atoms with E-state index >= 15 is 0 Å². The number of hydrogen-bond acceptors (Lipinski definition) is 5.